The van der Waals surface area contributed by atoms with E-state index in [0.717, 1.165) is 91.1 Å². The van der Waals surface area contributed by atoms with E-state index in [1.807, 2.05) is 6.20 Å². The Hall–Kier alpha value is -3.10. The highest BCUT2D eigenvalue weighted by atomic mass is 16.5. The SMILES string of the molecule is CCC(CC)CCN1CCN(Cc2c(OC)cc(-c3cn(C)c(=O)c4cnc(N5CCC5)cc34)cc2OC)CC1. The summed E-state index contributed by atoms with van der Waals surface area (Å²) in [5, 5.41) is 1.52. The van der Waals surface area contributed by atoms with Crippen LogP contribution in [0.15, 0.2) is 35.4 Å². The first kappa shape index (κ1) is 28.4. The van der Waals surface area contributed by atoms with Crippen LogP contribution in [-0.2, 0) is 13.6 Å². The van der Waals surface area contributed by atoms with Crippen LogP contribution in [0.1, 0.15) is 45.1 Å². The summed E-state index contributed by atoms with van der Waals surface area (Å²) in [4.78, 5) is 24.9. The maximum Gasteiger partial charge on any atom is 0.259 e. The number of aromatic nitrogens is 2. The molecule has 2 aliphatic rings. The third-order valence-corrected chi connectivity index (χ3v) is 9.01. The van der Waals surface area contributed by atoms with Gasteiger partial charge in [-0.25, -0.2) is 4.98 Å². The summed E-state index contributed by atoms with van der Waals surface area (Å²) in [5.41, 5.74) is 2.95. The van der Waals surface area contributed by atoms with E-state index < -0.39 is 0 Å². The van der Waals surface area contributed by atoms with E-state index in [0.29, 0.717) is 5.39 Å². The Labute approximate surface area is 238 Å². The molecule has 0 bridgehead atoms. The highest BCUT2D eigenvalue weighted by Crippen LogP contribution is 2.38. The molecular formula is C32H45N5O3. The second-order valence-corrected chi connectivity index (χ2v) is 11.3. The Morgan fingerprint density at radius 3 is 2.12 bits per heavy atom. The molecule has 1 aromatic carbocycles. The highest BCUT2D eigenvalue weighted by molar-refractivity contribution is 5.97. The Balaban J connectivity index is 1.41. The molecule has 0 N–H and O–H groups in total. The minimum atomic E-state index is -0.0454. The fourth-order valence-corrected chi connectivity index (χ4v) is 6.05. The molecule has 0 amide bonds. The molecule has 2 aromatic heterocycles. The number of pyridine rings is 2. The monoisotopic (exact) mass is 547 g/mol. The van der Waals surface area contributed by atoms with E-state index in [1.165, 1.54) is 32.2 Å². The second-order valence-electron chi connectivity index (χ2n) is 11.3. The molecule has 2 aliphatic heterocycles. The molecular weight excluding hydrogens is 502 g/mol. The standard InChI is InChI=1S/C32H45N5O3/c1-6-23(7-2)9-12-35-13-15-36(16-14-35)22-28-29(39-4)17-24(18-30(28)40-5)27-21-34(3)32(38)26-20-33-31(19-25(26)27)37-10-8-11-37/h17-21,23H,6-16,22H2,1-5H3. The van der Waals surface area contributed by atoms with Gasteiger partial charge < -0.3 is 23.8 Å². The van der Waals surface area contributed by atoms with Gasteiger partial charge in [0.05, 0.1) is 25.2 Å². The molecule has 0 unspecified atom stereocenters. The molecule has 0 saturated carbocycles. The van der Waals surface area contributed by atoms with Crippen LogP contribution >= 0.6 is 0 Å². The summed E-state index contributed by atoms with van der Waals surface area (Å²) in [7, 11) is 5.24. The van der Waals surface area contributed by atoms with Gasteiger partial charge in [-0.2, -0.15) is 0 Å². The molecule has 0 atom stereocenters. The smallest absolute Gasteiger partial charge is 0.259 e. The van der Waals surface area contributed by atoms with Gasteiger partial charge in [-0.15, -0.1) is 0 Å². The lowest BCUT2D eigenvalue weighted by atomic mass is 9.98. The Morgan fingerprint density at radius 2 is 1.55 bits per heavy atom. The van der Waals surface area contributed by atoms with Crippen molar-refractivity contribution in [2.75, 3.05) is 64.9 Å². The van der Waals surface area contributed by atoms with Gasteiger partial charge in [-0.1, -0.05) is 26.7 Å². The summed E-state index contributed by atoms with van der Waals surface area (Å²) >= 11 is 0. The average molecular weight is 548 g/mol. The third kappa shape index (κ3) is 5.84. The number of ether oxygens (including phenoxy) is 2. The van der Waals surface area contributed by atoms with Gasteiger partial charge in [0.15, 0.2) is 0 Å². The van der Waals surface area contributed by atoms with Gasteiger partial charge in [-0.3, -0.25) is 9.69 Å². The summed E-state index contributed by atoms with van der Waals surface area (Å²) < 4.78 is 13.5. The number of hydrogen-bond acceptors (Lipinski definition) is 7. The first-order valence-corrected chi connectivity index (χ1v) is 14.9. The maximum atomic E-state index is 13.0. The Morgan fingerprint density at radius 1 is 0.900 bits per heavy atom. The van der Waals surface area contributed by atoms with Crippen LogP contribution in [0.4, 0.5) is 5.82 Å². The van der Waals surface area contributed by atoms with Crippen LogP contribution in [0, 0.1) is 5.92 Å². The van der Waals surface area contributed by atoms with E-state index in [9.17, 15) is 4.79 Å². The largest absolute Gasteiger partial charge is 0.496 e. The van der Waals surface area contributed by atoms with Gasteiger partial charge >= 0.3 is 0 Å². The first-order chi connectivity index (χ1) is 19.4. The zero-order valence-electron chi connectivity index (χ0n) is 24.9. The first-order valence-electron chi connectivity index (χ1n) is 14.9. The van der Waals surface area contributed by atoms with Crippen molar-refractivity contribution in [3.63, 3.8) is 0 Å². The van der Waals surface area contributed by atoms with Crippen molar-refractivity contribution in [2.24, 2.45) is 13.0 Å². The van der Waals surface area contributed by atoms with E-state index >= 15 is 0 Å². The van der Waals surface area contributed by atoms with Crippen molar-refractivity contribution in [2.45, 2.75) is 46.1 Å². The molecule has 4 heterocycles. The van der Waals surface area contributed by atoms with Crippen LogP contribution in [0.2, 0.25) is 0 Å². The molecule has 40 heavy (non-hydrogen) atoms. The van der Waals surface area contributed by atoms with Crippen molar-refractivity contribution in [3.8, 4) is 22.6 Å². The molecule has 5 rings (SSSR count). The number of anilines is 1. The number of nitrogens with zero attached hydrogens (tertiary/aromatic N) is 5. The van der Waals surface area contributed by atoms with Crippen LogP contribution in [-0.4, -0.2) is 79.4 Å². The molecule has 2 fully saturated rings. The average Bonchev–Trinajstić information content (AvgIpc) is 2.95. The van der Waals surface area contributed by atoms with E-state index in [-0.39, 0.29) is 5.56 Å². The normalized spacial score (nSPS) is 16.5. The molecule has 0 aliphatic carbocycles. The van der Waals surface area contributed by atoms with Crippen LogP contribution in [0.5, 0.6) is 11.5 Å². The lowest BCUT2D eigenvalue weighted by Gasteiger charge is -2.35. The van der Waals surface area contributed by atoms with Gasteiger partial charge in [0.2, 0.25) is 0 Å². The quantitative estimate of drug-likeness (QED) is 0.343. The maximum absolute atomic E-state index is 13.0. The summed E-state index contributed by atoms with van der Waals surface area (Å²) in [6.45, 7) is 12.9. The Kier molecular flexibility index (Phi) is 8.96. The molecule has 3 aromatic rings. The lowest BCUT2D eigenvalue weighted by molar-refractivity contribution is 0.119. The number of methoxy groups -OCH3 is 2. The van der Waals surface area contributed by atoms with E-state index in [4.69, 9.17) is 9.47 Å². The lowest BCUT2D eigenvalue weighted by Crippen LogP contribution is -2.46. The Bertz CT molecular complexity index is 1350. The molecule has 0 spiro atoms. The van der Waals surface area contributed by atoms with Crippen molar-refractivity contribution in [1.29, 1.82) is 0 Å². The van der Waals surface area contributed by atoms with E-state index in [2.05, 4.69) is 51.7 Å². The number of rotatable bonds is 11. The molecule has 216 valence electrons. The van der Waals surface area contributed by atoms with Gasteiger partial charge in [0.1, 0.15) is 17.3 Å². The van der Waals surface area contributed by atoms with Crippen molar-refractivity contribution in [3.05, 3.63) is 46.5 Å². The summed E-state index contributed by atoms with van der Waals surface area (Å²) in [6, 6.07) is 6.24. The van der Waals surface area contributed by atoms with Crippen molar-refractivity contribution >= 4 is 16.6 Å². The third-order valence-electron chi connectivity index (χ3n) is 9.01. The predicted molar refractivity (Wildman–Crippen MR) is 163 cm³/mol. The zero-order valence-corrected chi connectivity index (χ0v) is 24.9. The number of hydrogen-bond donors (Lipinski definition) is 0. The van der Waals surface area contributed by atoms with Crippen LogP contribution < -0.4 is 19.9 Å². The van der Waals surface area contributed by atoms with Crippen LogP contribution in [0.25, 0.3) is 21.9 Å². The molecule has 0 radical (unpaired) electrons. The fourth-order valence-electron chi connectivity index (χ4n) is 6.05. The minimum Gasteiger partial charge on any atom is -0.496 e. The number of piperazine rings is 1. The zero-order chi connectivity index (χ0) is 28.2. The van der Waals surface area contributed by atoms with Crippen molar-refractivity contribution < 1.29 is 9.47 Å². The summed E-state index contributed by atoms with van der Waals surface area (Å²) in [5.74, 6) is 3.38. The van der Waals surface area contributed by atoms with Gasteiger partial charge in [0, 0.05) is 76.2 Å². The fraction of sp³-hybridized carbons (Fsp3) is 0.562. The number of aryl methyl sites for hydroxylation is 1. The van der Waals surface area contributed by atoms with Crippen molar-refractivity contribution in [1.82, 2.24) is 19.4 Å². The number of benzene rings is 1. The highest BCUT2D eigenvalue weighted by Gasteiger charge is 2.23. The number of fused-ring (bicyclic) bond motifs is 1. The minimum absolute atomic E-state index is 0.0454. The molecule has 2 saturated heterocycles. The van der Waals surface area contributed by atoms with Crippen LogP contribution in [0.3, 0.4) is 0 Å². The van der Waals surface area contributed by atoms with Gasteiger partial charge in [0.25, 0.3) is 5.56 Å². The molecule has 8 heteroatoms. The van der Waals surface area contributed by atoms with Gasteiger partial charge in [-0.05, 0) is 49.1 Å². The van der Waals surface area contributed by atoms with E-state index in [1.54, 1.807) is 32.0 Å². The topological polar surface area (TPSA) is 63.1 Å². The second kappa shape index (κ2) is 12.6. The summed E-state index contributed by atoms with van der Waals surface area (Å²) in [6.07, 6.45) is 8.66. The molecule has 8 nitrogen and oxygen atoms in total. The predicted octanol–water partition coefficient (Wildman–Crippen LogP) is 4.77.